The highest BCUT2D eigenvalue weighted by Crippen LogP contribution is 2.04. The van der Waals surface area contributed by atoms with Gasteiger partial charge < -0.3 is 14.8 Å². The number of hydrogen-bond acceptors (Lipinski definition) is 6. The van der Waals surface area contributed by atoms with E-state index in [-0.39, 0.29) is 13.0 Å². The highest BCUT2D eigenvalue weighted by atomic mass is 32.2. The van der Waals surface area contributed by atoms with Gasteiger partial charge in [-0.25, -0.2) is 14.2 Å². The Hall–Kier alpha value is -1.39. The number of ether oxygens (including phenoxy) is 2. The molecule has 0 bridgehead atoms. The first-order chi connectivity index (χ1) is 13.8. The Morgan fingerprint density at radius 3 is 1.93 bits per heavy atom. The highest BCUT2D eigenvalue weighted by Gasteiger charge is 2.15. The number of amides is 3. The lowest BCUT2D eigenvalue weighted by Crippen LogP contribution is -2.47. The van der Waals surface area contributed by atoms with E-state index in [1.807, 2.05) is 0 Å². The van der Waals surface area contributed by atoms with Gasteiger partial charge in [-0.2, -0.15) is 8.42 Å². The molecule has 29 heavy (non-hydrogen) atoms. The molecule has 0 aromatic heterocycles. The minimum atomic E-state index is -4.17. The molecule has 0 saturated carbocycles. The summed E-state index contributed by atoms with van der Waals surface area (Å²) in [5, 5.41) is 2.40. The zero-order chi connectivity index (χ0) is 22.0. The van der Waals surface area contributed by atoms with Crippen molar-refractivity contribution in [2.24, 2.45) is 5.92 Å². The summed E-state index contributed by atoms with van der Waals surface area (Å²) in [7, 11) is -4.17. The van der Waals surface area contributed by atoms with Crippen LogP contribution < -0.4 is 14.8 Å². The van der Waals surface area contributed by atoms with Crippen LogP contribution in [0.25, 0.3) is 0 Å². The molecule has 0 radical (unpaired) electrons. The van der Waals surface area contributed by atoms with E-state index in [1.54, 1.807) is 9.44 Å². The normalized spacial score (nSPS) is 11.4. The van der Waals surface area contributed by atoms with E-state index in [9.17, 15) is 18.0 Å². The number of carbonyl (C=O) groups is 2. The Morgan fingerprint density at radius 1 is 0.828 bits per heavy atom. The van der Waals surface area contributed by atoms with Crippen LogP contribution in [0.4, 0.5) is 4.79 Å². The average Bonchev–Trinajstić information content (AvgIpc) is 2.63. The third-order valence-electron chi connectivity index (χ3n) is 3.94. The van der Waals surface area contributed by atoms with Crippen LogP contribution in [-0.2, 0) is 24.5 Å². The third kappa shape index (κ3) is 19.7. The summed E-state index contributed by atoms with van der Waals surface area (Å²) < 4.78 is 37.4. The first-order valence-electron chi connectivity index (χ1n) is 10.5. The van der Waals surface area contributed by atoms with Crippen molar-refractivity contribution in [3.8, 4) is 0 Å². The molecule has 0 aliphatic rings. The van der Waals surface area contributed by atoms with E-state index in [0.29, 0.717) is 19.6 Å². The van der Waals surface area contributed by atoms with E-state index in [2.05, 4.69) is 19.2 Å². The fourth-order valence-corrected chi connectivity index (χ4v) is 3.15. The van der Waals surface area contributed by atoms with E-state index < -0.39 is 22.1 Å². The van der Waals surface area contributed by atoms with Crippen molar-refractivity contribution < 1.29 is 27.5 Å². The van der Waals surface area contributed by atoms with Gasteiger partial charge in [-0.3, -0.25) is 4.79 Å². The molecule has 10 heteroatoms. The van der Waals surface area contributed by atoms with E-state index in [4.69, 9.17) is 9.47 Å². The van der Waals surface area contributed by atoms with Crippen molar-refractivity contribution in [1.82, 2.24) is 14.8 Å². The average molecular weight is 438 g/mol. The molecule has 0 aliphatic carbocycles. The van der Waals surface area contributed by atoms with Gasteiger partial charge in [0.25, 0.3) is 0 Å². The van der Waals surface area contributed by atoms with Crippen molar-refractivity contribution in [2.75, 3.05) is 33.0 Å². The molecule has 3 N–H and O–H groups in total. The Labute approximate surface area is 175 Å². The number of hydrogen-bond donors (Lipinski definition) is 3. The van der Waals surface area contributed by atoms with E-state index in [1.165, 1.54) is 13.3 Å². The van der Waals surface area contributed by atoms with Gasteiger partial charge in [-0.1, -0.05) is 33.6 Å². The topological polar surface area (TPSA) is 123 Å². The van der Waals surface area contributed by atoms with E-state index >= 15 is 0 Å². The summed E-state index contributed by atoms with van der Waals surface area (Å²) in [4.78, 5) is 22.5. The van der Waals surface area contributed by atoms with Gasteiger partial charge in [0.1, 0.15) is 0 Å². The van der Waals surface area contributed by atoms with Gasteiger partial charge in [-0.05, 0) is 38.0 Å². The van der Waals surface area contributed by atoms with Crippen LogP contribution in [0.5, 0.6) is 0 Å². The second-order valence-corrected chi connectivity index (χ2v) is 8.68. The molecule has 172 valence electrons. The van der Waals surface area contributed by atoms with Gasteiger partial charge in [0.05, 0.1) is 0 Å². The third-order valence-corrected chi connectivity index (χ3v) is 4.90. The molecule has 0 spiro atoms. The molecule has 0 aliphatic heterocycles. The predicted octanol–water partition coefficient (Wildman–Crippen LogP) is 2.48. The number of rotatable bonds is 18. The van der Waals surface area contributed by atoms with Crippen LogP contribution in [0.3, 0.4) is 0 Å². The van der Waals surface area contributed by atoms with Crippen LogP contribution in [0, 0.1) is 5.92 Å². The summed E-state index contributed by atoms with van der Waals surface area (Å²) in [5.41, 5.74) is 0. The minimum absolute atomic E-state index is 0.00604. The molecular formula is C19H39N3O6S. The minimum Gasteiger partial charge on any atom is -0.381 e. The van der Waals surface area contributed by atoms with Crippen LogP contribution in [0.15, 0.2) is 0 Å². The maximum atomic E-state index is 11.5. The molecule has 0 atom stereocenters. The molecule has 3 amide bonds. The maximum absolute atomic E-state index is 11.5. The van der Waals surface area contributed by atoms with Gasteiger partial charge >= 0.3 is 16.2 Å². The van der Waals surface area contributed by atoms with Crippen molar-refractivity contribution >= 4 is 22.1 Å². The fourth-order valence-electron chi connectivity index (χ4n) is 2.34. The quantitative estimate of drug-likeness (QED) is 0.283. The molecular weight excluding hydrogens is 398 g/mol. The van der Waals surface area contributed by atoms with Crippen LogP contribution in [0.1, 0.15) is 72.1 Å². The van der Waals surface area contributed by atoms with E-state index in [0.717, 1.165) is 51.2 Å². The zero-order valence-electron chi connectivity index (χ0n) is 18.1. The van der Waals surface area contributed by atoms with Gasteiger partial charge in [-0.15, -0.1) is 0 Å². The molecule has 0 aromatic rings. The molecule has 9 nitrogen and oxygen atoms in total. The second-order valence-electron chi connectivity index (χ2n) is 7.27. The predicted molar refractivity (Wildman–Crippen MR) is 113 cm³/mol. The zero-order valence-corrected chi connectivity index (χ0v) is 18.9. The van der Waals surface area contributed by atoms with Crippen LogP contribution >= 0.6 is 0 Å². The lowest BCUT2D eigenvalue weighted by Gasteiger charge is -2.09. The number of nitrogens with one attached hydrogen (secondary N) is 3. The fraction of sp³-hybridized carbons (Fsp3) is 0.895. The van der Waals surface area contributed by atoms with Crippen molar-refractivity contribution in [3.63, 3.8) is 0 Å². The van der Waals surface area contributed by atoms with Crippen molar-refractivity contribution in [2.45, 2.75) is 72.1 Å². The first kappa shape index (κ1) is 27.6. The summed E-state index contributed by atoms with van der Waals surface area (Å²) >= 11 is 0. The number of urea groups is 1. The summed E-state index contributed by atoms with van der Waals surface area (Å²) in [6, 6.07) is -0.882. The maximum Gasteiger partial charge on any atom is 0.329 e. The molecule has 0 unspecified atom stereocenters. The number of unbranched alkanes of at least 4 members (excludes halogenated alkanes) is 3. The first-order valence-corrected chi connectivity index (χ1v) is 12.0. The van der Waals surface area contributed by atoms with Crippen molar-refractivity contribution in [3.05, 3.63) is 0 Å². The molecule has 0 heterocycles. The monoisotopic (exact) mass is 437 g/mol. The number of carbonyl (C=O) groups excluding carboxylic acids is 2. The lowest BCUT2D eigenvalue weighted by molar-refractivity contribution is -0.119. The summed E-state index contributed by atoms with van der Waals surface area (Å²) in [5.74, 6) is 0.0512. The molecule has 0 rings (SSSR count). The van der Waals surface area contributed by atoms with Gasteiger partial charge in [0.15, 0.2) is 0 Å². The standard InChI is InChI=1S/C19H39N3O6S/c1-4-18(23)21-29(25,26)22-19(24)20-12-10-16-28-14-8-6-5-7-13-27-15-9-11-17(2)3/h17H,4-16H2,1-3H3,(H,21,23)(H2,20,22,24). The Kier molecular flexibility index (Phi) is 16.6. The molecule has 0 aromatic carbocycles. The molecule has 0 fully saturated rings. The summed E-state index contributed by atoms with van der Waals surface area (Å²) in [6.45, 7) is 9.06. The highest BCUT2D eigenvalue weighted by molar-refractivity contribution is 7.88. The smallest absolute Gasteiger partial charge is 0.329 e. The largest absolute Gasteiger partial charge is 0.381 e. The van der Waals surface area contributed by atoms with Gasteiger partial charge in [0, 0.05) is 39.4 Å². The second kappa shape index (κ2) is 17.5. The SMILES string of the molecule is CCC(=O)NS(=O)(=O)NC(=O)NCCCOCCCCCCOCCCC(C)C. The van der Waals surface area contributed by atoms with Crippen LogP contribution in [0.2, 0.25) is 0 Å². The van der Waals surface area contributed by atoms with Crippen molar-refractivity contribution in [1.29, 1.82) is 0 Å². The molecule has 0 saturated heterocycles. The summed E-state index contributed by atoms with van der Waals surface area (Å²) in [6.07, 6.45) is 7.20. The Bertz CT molecular complexity index is 540. The Balaban J connectivity index is 3.41. The lowest BCUT2D eigenvalue weighted by atomic mass is 10.1. The van der Waals surface area contributed by atoms with Gasteiger partial charge in [0.2, 0.25) is 5.91 Å². The van der Waals surface area contributed by atoms with Crippen LogP contribution in [-0.4, -0.2) is 53.3 Å². The Morgan fingerprint density at radius 2 is 1.38 bits per heavy atom.